The molecule has 0 saturated carbocycles. The zero-order valence-electron chi connectivity index (χ0n) is 19.4. The molecule has 0 spiro atoms. The molecule has 0 fully saturated rings. The van der Waals surface area contributed by atoms with Crippen molar-refractivity contribution < 1.29 is 28.6 Å². The largest absolute Gasteiger partial charge is 0.490 e. The first kappa shape index (κ1) is 29.7. The first-order valence-electron chi connectivity index (χ1n) is 10.5. The number of amides is 1. The number of carbonyl (C=O) groups is 2. The second-order valence-electron chi connectivity index (χ2n) is 7.05. The molecule has 3 aromatic rings. The smallest absolute Gasteiger partial charge is 0.354 e. The highest BCUT2D eigenvalue weighted by atomic mass is 35.5. The summed E-state index contributed by atoms with van der Waals surface area (Å²) in [5.41, 5.74) is 6.93. The second-order valence-corrected chi connectivity index (χ2v) is 7.05. The van der Waals surface area contributed by atoms with Crippen molar-refractivity contribution in [2.24, 2.45) is 5.73 Å². The minimum Gasteiger partial charge on any atom is -0.490 e. The molecule has 0 aliphatic carbocycles. The van der Waals surface area contributed by atoms with E-state index in [0.29, 0.717) is 36.0 Å². The molecule has 4 N–H and O–H groups in total. The number of hydrogen-bond donors (Lipinski definition) is 3. The topological polar surface area (TPSA) is 150 Å². The summed E-state index contributed by atoms with van der Waals surface area (Å²) in [5.74, 6) is -0.103. The summed E-state index contributed by atoms with van der Waals surface area (Å²) in [5, 5.41) is 11.8. The number of rotatable bonds is 10. The summed E-state index contributed by atoms with van der Waals surface area (Å²) in [4.78, 5) is 32.3. The number of nitrogens with one attached hydrogen (secondary N) is 1. The van der Waals surface area contributed by atoms with Crippen LogP contribution in [0.2, 0.25) is 0 Å². The van der Waals surface area contributed by atoms with E-state index in [9.17, 15) is 9.59 Å². The molecule has 3 rings (SSSR count). The lowest BCUT2D eigenvalue weighted by Crippen LogP contribution is -2.26. The van der Waals surface area contributed by atoms with Gasteiger partial charge in [-0.2, -0.15) is 0 Å². The van der Waals surface area contributed by atoms with Crippen molar-refractivity contribution in [1.29, 1.82) is 0 Å². The van der Waals surface area contributed by atoms with Gasteiger partial charge in [-0.25, -0.2) is 14.8 Å². The van der Waals surface area contributed by atoms with Crippen LogP contribution in [0, 0.1) is 0 Å². The number of aromatic nitrogens is 2. The van der Waals surface area contributed by atoms with Gasteiger partial charge in [0.1, 0.15) is 5.69 Å². The van der Waals surface area contributed by atoms with Gasteiger partial charge in [-0.05, 0) is 51.1 Å². The summed E-state index contributed by atoms with van der Waals surface area (Å²) in [7, 11) is 0. The Bertz CT molecular complexity index is 1150. The molecule has 0 bridgehead atoms. The van der Waals surface area contributed by atoms with Crippen LogP contribution in [0.5, 0.6) is 11.5 Å². The maximum absolute atomic E-state index is 12.8. The first-order chi connectivity index (χ1) is 15.8. The highest BCUT2D eigenvalue weighted by molar-refractivity contribution is 5.94. The molecule has 190 valence electrons. The van der Waals surface area contributed by atoms with Crippen molar-refractivity contribution in [1.82, 2.24) is 15.3 Å². The van der Waals surface area contributed by atoms with Crippen molar-refractivity contribution in [2.75, 3.05) is 13.2 Å². The zero-order valence-corrected chi connectivity index (χ0v) is 21.1. The molecule has 1 atom stereocenters. The lowest BCUT2D eigenvalue weighted by Gasteiger charge is -2.11. The maximum Gasteiger partial charge on any atom is 0.354 e. The van der Waals surface area contributed by atoms with Gasteiger partial charge in [0, 0.05) is 5.56 Å². The Kier molecular flexibility index (Phi) is 11.5. The third-order valence-electron chi connectivity index (χ3n) is 4.53. The van der Waals surface area contributed by atoms with Crippen LogP contribution >= 0.6 is 24.8 Å². The van der Waals surface area contributed by atoms with Crippen molar-refractivity contribution >= 4 is 36.7 Å². The highest BCUT2D eigenvalue weighted by Gasteiger charge is 2.24. The Morgan fingerprint density at radius 2 is 1.77 bits per heavy atom. The molecule has 1 aromatic carbocycles. The van der Waals surface area contributed by atoms with E-state index in [-0.39, 0.29) is 54.4 Å². The van der Waals surface area contributed by atoms with Crippen LogP contribution in [0.15, 0.2) is 40.8 Å². The molecular weight excluding hydrogens is 499 g/mol. The predicted octanol–water partition coefficient (Wildman–Crippen LogP) is 4.03. The third kappa shape index (κ3) is 7.32. The Labute approximate surface area is 215 Å². The van der Waals surface area contributed by atoms with Gasteiger partial charge in [-0.1, -0.05) is 6.07 Å². The van der Waals surface area contributed by atoms with Gasteiger partial charge in [0.05, 0.1) is 31.5 Å². The summed E-state index contributed by atoms with van der Waals surface area (Å²) in [6.45, 7) is 6.38. The van der Waals surface area contributed by atoms with Crippen LogP contribution in [-0.2, 0) is 6.54 Å². The SMILES string of the molecule is CCOc1ccc(-c2nc(C(=O)NCc3cccc(C(=O)O)n3)c(C(C)N)o2)cc1OCC.Cl.Cl. The van der Waals surface area contributed by atoms with Crippen molar-refractivity contribution in [3.63, 3.8) is 0 Å². The molecule has 0 saturated heterocycles. The molecule has 0 radical (unpaired) electrons. The number of oxazole rings is 1. The molecule has 1 unspecified atom stereocenters. The lowest BCUT2D eigenvalue weighted by molar-refractivity contribution is 0.0690. The number of nitrogens with two attached hydrogens (primary N) is 1. The molecule has 0 aliphatic rings. The number of halogens is 2. The minimum absolute atomic E-state index is 0. The number of carboxylic acids is 1. The van der Waals surface area contributed by atoms with E-state index in [1.165, 1.54) is 6.07 Å². The average molecular weight is 527 g/mol. The van der Waals surface area contributed by atoms with Crippen LogP contribution in [0.1, 0.15) is 59.2 Å². The number of aromatic carboxylic acids is 1. The number of hydrogen-bond acceptors (Lipinski definition) is 8. The van der Waals surface area contributed by atoms with Gasteiger partial charge in [0.25, 0.3) is 5.91 Å². The molecule has 2 aromatic heterocycles. The third-order valence-corrected chi connectivity index (χ3v) is 4.53. The van der Waals surface area contributed by atoms with Crippen molar-refractivity contribution in [3.05, 3.63) is 59.2 Å². The first-order valence-corrected chi connectivity index (χ1v) is 10.5. The number of ether oxygens (including phenoxy) is 2. The molecule has 2 heterocycles. The fourth-order valence-electron chi connectivity index (χ4n) is 3.06. The van der Waals surface area contributed by atoms with Gasteiger partial charge >= 0.3 is 5.97 Å². The summed E-state index contributed by atoms with van der Waals surface area (Å²) < 4.78 is 17.1. The van der Waals surface area contributed by atoms with Gasteiger partial charge in [0.2, 0.25) is 5.89 Å². The second kappa shape index (κ2) is 13.5. The normalized spacial score (nSPS) is 11.0. The van der Waals surface area contributed by atoms with Gasteiger partial charge < -0.3 is 30.0 Å². The molecule has 10 nitrogen and oxygen atoms in total. The Morgan fingerprint density at radius 3 is 2.40 bits per heavy atom. The van der Waals surface area contributed by atoms with Crippen molar-refractivity contribution in [2.45, 2.75) is 33.4 Å². The van der Waals surface area contributed by atoms with E-state index in [1.54, 1.807) is 37.3 Å². The number of nitrogens with zero attached hydrogens (tertiary/aromatic N) is 2. The van der Waals surface area contributed by atoms with E-state index in [1.807, 2.05) is 13.8 Å². The lowest BCUT2D eigenvalue weighted by atomic mass is 10.2. The zero-order chi connectivity index (χ0) is 24.0. The average Bonchev–Trinajstić information content (AvgIpc) is 3.25. The monoisotopic (exact) mass is 526 g/mol. The number of carboxylic acid groups (broad SMARTS) is 1. The molecular formula is C23H28Cl2N4O6. The molecule has 0 aliphatic heterocycles. The number of carbonyl (C=O) groups excluding carboxylic acids is 1. The van der Waals surface area contributed by atoms with Crippen LogP contribution < -0.4 is 20.5 Å². The Morgan fingerprint density at radius 1 is 1.09 bits per heavy atom. The van der Waals surface area contributed by atoms with E-state index >= 15 is 0 Å². The van der Waals surface area contributed by atoms with E-state index in [0.717, 1.165) is 0 Å². The minimum atomic E-state index is -1.15. The van der Waals surface area contributed by atoms with Crippen LogP contribution in [0.3, 0.4) is 0 Å². The molecule has 35 heavy (non-hydrogen) atoms. The Hall–Kier alpha value is -3.34. The summed E-state index contributed by atoms with van der Waals surface area (Å²) >= 11 is 0. The van der Waals surface area contributed by atoms with E-state index < -0.39 is 17.9 Å². The fourth-order valence-corrected chi connectivity index (χ4v) is 3.06. The van der Waals surface area contributed by atoms with Crippen LogP contribution in [0.25, 0.3) is 11.5 Å². The van der Waals surface area contributed by atoms with Gasteiger partial charge in [0.15, 0.2) is 23.0 Å². The van der Waals surface area contributed by atoms with Crippen LogP contribution in [-0.4, -0.2) is 40.2 Å². The van der Waals surface area contributed by atoms with Crippen LogP contribution in [0.4, 0.5) is 0 Å². The van der Waals surface area contributed by atoms with E-state index in [4.69, 9.17) is 24.7 Å². The summed E-state index contributed by atoms with van der Waals surface area (Å²) in [6, 6.07) is 9.19. The molecule has 1 amide bonds. The van der Waals surface area contributed by atoms with Gasteiger partial charge in [-0.3, -0.25) is 4.79 Å². The summed E-state index contributed by atoms with van der Waals surface area (Å²) in [6.07, 6.45) is 0. The fraction of sp³-hybridized carbons (Fsp3) is 0.304. The predicted molar refractivity (Wildman–Crippen MR) is 134 cm³/mol. The quantitative estimate of drug-likeness (QED) is 0.355. The maximum atomic E-state index is 12.8. The van der Waals surface area contributed by atoms with E-state index in [2.05, 4.69) is 15.3 Å². The Balaban J connectivity index is 0.00000306. The molecule has 12 heteroatoms. The standard InChI is InChI=1S/C23H26N4O6.2ClH/c1-4-31-17-10-9-14(11-18(17)32-5-2)22-27-19(20(33-22)13(3)24)21(28)25-12-15-7-6-8-16(26-15)23(29)30;;/h6-11,13H,4-5,12,24H2,1-3H3,(H,25,28)(H,29,30);2*1H. The number of pyridine rings is 1. The van der Waals surface area contributed by atoms with Crippen molar-refractivity contribution in [3.8, 4) is 23.0 Å². The van der Waals surface area contributed by atoms with Gasteiger partial charge in [-0.15, -0.1) is 24.8 Å². The highest BCUT2D eigenvalue weighted by Crippen LogP contribution is 2.34. The number of benzene rings is 1.